The van der Waals surface area contributed by atoms with E-state index in [-0.39, 0.29) is 12.2 Å². The van der Waals surface area contributed by atoms with Crippen LogP contribution in [0.1, 0.15) is 5.56 Å². The summed E-state index contributed by atoms with van der Waals surface area (Å²) in [7, 11) is 0. The number of carboxylic acids is 1. The number of rotatable bonds is 5. The van der Waals surface area contributed by atoms with Crippen molar-refractivity contribution in [3.05, 3.63) is 66.5 Å². The summed E-state index contributed by atoms with van der Waals surface area (Å²) >= 11 is 0. The van der Waals surface area contributed by atoms with Crippen LogP contribution in [-0.4, -0.2) is 25.6 Å². The molecule has 6 nitrogen and oxygen atoms in total. The van der Waals surface area contributed by atoms with E-state index in [1.807, 2.05) is 0 Å². The average Bonchev–Trinajstić information content (AvgIpc) is 2.98. The Morgan fingerprint density at radius 3 is 2.74 bits per heavy atom. The highest BCUT2D eigenvalue weighted by Gasteiger charge is 2.06. The summed E-state index contributed by atoms with van der Waals surface area (Å²) in [6, 6.07) is 7.62. The van der Waals surface area contributed by atoms with Crippen LogP contribution in [0.15, 0.2) is 55.1 Å². The van der Waals surface area contributed by atoms with E-state index in [2.05, 4.69) is 15.3 Å². The smallest absolute Gasteiger partial charge is 0.307 e. The Morgan fingerprint density at radius 2 is 2.00 bits per heavy atom. The van der Waals surface area contributed by atoms with E-state index in [9.17, 15) is 9.18 Å². The fourth-order valence-corrected chi connectivity index (χ4v) is 2.08. The predicted molar refractivity (Wildman–Crippen MR) is 82.4 cm³/mol. The summed E-state index contributed by atoms with van der Waals surface area (Å²) < 4.78 is 14.6. The first-order valence-electron chi connectivity index (χ1n) is 6.84. The number of anilines is 2. The molecule has 116 valence electrons. The van der Waals surface area contributed by atoms with Crippen molar-refractivity contribution < 1.29 is 14.3 Å². The topological polar surface area (TPSA) is 80.0 Å². The van der Waals surface area contributed by atoms with E-state index in [4.69, 9.17) is 5.11 Å². The molecule has 0 saturated carbocycles. The first-order chi connectivity index (χ1) is 11.1. The molecule has 0 aliphatic heterocycles. The minimum atomic E-state index is -0.888. The van der Waals surface area contributed by atoms with Crippen LogP contribution in [0.25, 0.3) is 5.82 Å². The van der Waals surface area contributed by atoms with Crippen LogP contribution in [0.5, 0.6) is 0 Å². The molecule has 2 heterocycles. The van der Waals surface area contributed by atoms with Gasteiger partial charge in [0.1, 0.15) is 5.82 Å². The van der Waals surface area contributed by atoms with Crippen LogP contribution in [0.4, 0.5) is 15.9 Å². The molecule has 0 saturated heterocycles. The number of carboxylic acid groups (broad SMARTS) is 1. The zero-order valence-corrected chi connectivity index (χ0v) is 12.0. The van der Waals surface area contributed by atoms with E-state index >= 15 is 0 Å². The van der Waals surface area contributed by atoms with Crippen LogP contribution >= 0.6 is 0 Å². The third kappa shape index (κ3) is 3.70. The molecule has 2 aromatic heterocycles. The Labute approximate surface area is 131 Å². The molecule has 0 aliphatic carbocycles. The average molecular weight is 312 g/mol. The van der Waals surface area contributed by atoms with Gasteiger partial charge in [-0.1, -0.05) is 0 Å². The van der Waals surface area contributed by atoms with Crippen molar-refractivity contribution in [3.63, 3.8) is 0 Å². The number of hydrogen-bond acceptors (Lipinski definition) is 4. The lowest BCUT2D eigenvalue weighted by Gasteiger charge is -2.07. The minimum Gasteiger partial charge on any atom is -0.481 e. The zero-order valence-electron chi connectivity index (χ0n) is 12.0. The molecule has 2 N–H and O–H groups in total. The number of benzene rings is 1. The van der Waals surface area contributed by atoms with Crippen molar-refractivity contribution in [2.24, 2.45) is 0 Å². The second kappa shape index (κ2) is 6.27. The number of aliphatic carboxylic acids is 1. The normalized spacial score (nSPS) is 10.5. The molecule has 3 rings (SSSR count). The Hall–Kier alpha value is -3.22. The van der Waals surface area contributed by atoms with Crippen molar-refractivity contribution in [2.45, 2.75) is 6.42 Å². The predicted octanol–water partition coefficient (Wildman–Crippen LogP) is 2.78. The SMILES string of the molecule is O=C(O)Cc1ccn(-c2cncc(Nc3ccc(F)cc3)n2)c1. The number of nitrogens with zero attached hydrogens (tertiary/aromatic N) is 3. The molecule has 0 fully saturated rings. The first kappa shape index (κ1) is 14.7. The summed E-state index contributed by atoms with van der Waals surface area (Å²) in [6.07, 6.45) is 6.49. The fraction of sp³-hybridized carbons (Fsp3) is 0.0625. The van der Waals surface area contributed by atoms with Crippen molar-refractivity contribution in [3.8, 4) is 5.82 Å². The zero-order chi connectivity index (χ0) is 16.2. The van der Waals surface area contributed by atoms with Gasteiger partial charge >= 0.3 is 5.97 Å². The highest BCUT2D eigenvalue weighted by molar-refractivity contribution is 5.70. The molecule has 0 spiro atoms. The van der Waals surface area contributed by atoms with Crippen molar-refractivity contribution in [1.82, 2.24) is 14.5 Å². The van der Waals surface area contributed by atoms with Gasteiger partial charge in [0.05, 0.1) is 18.8 Å². The maximum atomic E-state index is 12.9. The van der Waals surface area contributed by atoms with Gasteiger partial charge in [-0.05, 0) is 35.9 Å². The van der Waals surface area contributed by atoms with Crippen molar-refractivity contribution in [1.29, 1.82) is 0 Å². The molecule has 1 aromatic carbocycles. The lowest BCUT2D eigenvalue weighted by Crippen LogP contribution is -2.01. The highest BCUT2D eigenvalue weighted by atomic mass is 19.1. The summed E-state index contributed by atoms with van der Waals surface area (Å²) in [5.41, 5.74) is 1.37. The van der Waals surface area contributed by atoms with E-state index in [0.29, 0.717) is 22.9 Å². The molecule has 0 bridgehead atoms. The minimum absolute atomic E-state index is 0.0477. The maximum absolute atomic E-state index is 12.9. The van der Waals surface area contributed by atoms with Gasteiger partial charge in [0.15, 0.2) is 11.6 Å². The van der Waals surface area contributed by atoms with E-state index in [1.165, 1.54) is 12.1 Å². The molecular formula is C16H13FN4O2. The second-order valence-electron chi connectivity index (χ2n) is 4.89. The van der Waals surface area contributed by atoms with Crippen LogP contribution in [0.3, 0.4) is 0 Å². The summed E-state index contributed by atoms with van der Waals surface area (Å²) in [4.78, 5) is 19.2. The van der Waals surface area contributed by atoms with E-state index in [0.717, 1.165) is 0 Å². The molecule has 23 heavy (non-hydrogen) atoms. The standard InChI is InChI=1S/C16H13FN4O2/c17-12-1-3-13(4-2-12)19-14-8-18-9-15(20-14)21-6-5-11(10-21)7-16(22)23/h1-6,8-10H,7H2,(H,19,20)(H,22,23). The molecule has 0 radical (unpaired) electrons. The number of aromatic nitrogens is 3. The molecule has 3 aromatic rings. The lowest BCUT2D eigenvalue weighted by atomic mass is 10.2. The van der Waals surface area contributed by atoms with E-state index in [1.54, 1.807) is 47.6 Å². The summed E-state index contributed by atoms with van der Waals surface area (Å²) in [5.74, 6) is -0.148. The third-order valence-corrected chi connectivity index (χ3v) is 3.11. The van der Waals surface area contributed by atoms with Gasteiger partial charge in [-0.2, -0.15) is 0 Å². The molecule has 0 aliphatic rings. The van der Waals surface area contributed by atoms with Crippen LogP contribution < -0.4 is 5.32 Å². The number of carbonyl (C=O) groups is 1. The second-order valence-corrected chi connectivity index (χ2v) is 4.89. The van der Waals surface area contributed by atoms with Gasteiger partial charge in [-0.25, -0.2) is 9.37 Å². The quantitative estimate of drug-likeness (QED) is 0.757. The fourth-order valence-electron chi connectivity index (χ4n) is 2.08. The van der Waals surface area contributed by atoms with Gasteiger partial charge in [-0.3, -0.25) is 9.78 Å². The lowest BCUT2D eigenvalue weighted by molar-refractivity contribution is -0.136. The van der Waals surface area contributed by atoms with Crippen LogP contribution in [0, 0.1) is 5.82 Å². The first-order valence-corrected chi connectivity index (χ1v) is 6.84. The maximum Gasteiger partial charge on any atom is 0.307 e. The van der Waals surface area contributed by atoms with Crippen molar-refractivity contribution in [2.75, 3.05) is 5.32 Å². The van der Waals surface area contributed by atoms with Gasteiger partial charge in [0, 0.05) is 18.1 Å². The Kier molecular flexibility index (Phi) is 4.01. The highest BCUT2D eigenvalue weighted by Crippen LogP contribution is 2.16. The largest absolute Gasteiger partial charge is 0.481 e. The Morgan fingerprint density at radius 1 is 1.22 bits per heavy atom. The van der Waals surface area contributed by atoms with Gasteiger partial charge < -0.3 is 15.0 Å². The summed E-state index contributed by atoms with van der Waals surface area (Å²) in [5, 5.41) is 11.8. The van der Waals surface area contributed by atoms with E-state index < -0.39 is 5.97 Å². The monoisotopic (exact) mass is 312 g/mol. The number of halogens is 1. The summed E-state index contributed by atoms with van der Waals surface area (Å²) in [6.45, 7) is 0. The van der Waals surface area contributed by atoms with Gasteiger partial charge in [-0.15, -0.1) is 0 Å². The van der Waals surface area contributed by atoms with Crippen molar-refractivity contribution >= 4 is 17.5 Å². The Bertz CT molecular complexity index is 830. The Balaban J connectivity index is 1.80. The molecule has 7 heteroatoms. The van der Waals surface area contributed by atoms with Gasteiger partial charge in [0.25, 0.3) is 0 Å². The van der Waals surface area contributed by atoms with Gasteiger partial charge in [0.2, 0.25) is 0 Å². The molecule has 0 amide bonds. The van der Waals surface area contributed by atoms with Crippen LogP contribution in [-0.2, 0) is 11.2 Å². The third-order valence-electron chi connectivity index (χ3n) is 3.11. The molecular weight excluding hydrogens is 299 g/mol. The molecule has 0 atom stereocenters. The molecule has 0 unspecified atom stereocenters. The number of hydrogen-bond donors (Lipinski definition) is 2. The van der Waals surface area contributed by atoms with Crippen LogP contribution in [0.2, 0.25) is 0 Å². The number of nitrogens with one attached hydrogen (secondary N) is 1.